The Balaban J connectivity index is 1.35. The van der Waals surface area contributed by atoms with Crippen molar-refractivity contribution in [1.29, 1.82) is 0 Å². The van der Waals surface area contributed by atoms with Gasteiger partial charge in [-0.15, -0.1) is 0 Å². The molecule has 3 heterocycles. The molecule has 39 heavy (non-hydrogen) atoms. The lowest BCUT2D eigenvalue weighted by Gasteiger charge is -2.46. The van der Waals surface area contributed by atoms with Crippen molar-refractivity contribution in [2.75, 3.05) is 6.61 Å². The summed E-state index contributed by atoms with van der Waals surface area (Å²) in [5, 5.41) is 0.924. The van der Waals surface area contributed by atoms with Crippen LogP contribution >= 0.6 is 0 Å². The van der Waals surface area contributed by atoms with Gasteiger partial charge in [-0.3, -0.25) is 4.79 Å². The number of amides is 1. The van der Waals surface area contributed by atoms with E-state index in [2.05, 4.69) is 19.1 Å². The predicted octanol–water partition coefficient (Wildman–Crippen LogP) is 5.57. The summed E-state index contributed by atoms with van der Waals surface area (Å²) < 4.78 is 36.0. The molecule has 3 aliphatic rings. The number of carbonyl (C=O) groups excluding carboxylic acids is 1. The van der Waals surface area contributed by atoms with Crippen molar-refractivity contribution in [1.82, 2.24) is 8.87 Å². The third-order valence-electron chi connectivity index (χ3n) is 9.16. The summed E-state index contributed by atoms with van der Waals surface area (Å²) in [4.78, 5) is 16.6. The number of hydrogen-bond acceptors (Lipinski definition) is 4. The summed E-state index contributed by atoms with van der Waals surface area (Å²) in [5.74, 6) is 0.267. The summed E-state index contributed by atoms with van der Waals surface area (Å²) in [7, 11) is -3.81. The number of hydrogen-bond donors (Lipinski definition) is 0. The summed E-state index contributed by atoms with van der Waals surface area (Å²) in [6.45, 7) is 2.69. The fraction of sp³-hybridized carbons (Fsp3) is 0.344. The highest BCUT2D eigenvalue weighted by Gasteiger charge is 2.54. The largest absolute Gasteiger partial charge is 0.355 e. The molecule has 6 nitrogen and oxygen atoms in total. The second kappa shape index (κ2) is 9.35. The number of piperidine rings is 1. The number of nitrogens with zero attached hydrogens (tertiary/aromatic N) is 2. The summed E-state index contributed by atoms with van der Waals surface area (Å²) in [6, 6.07) is 26.4. The third kappa shape index (κ3) is 3.70. The van der Waals surface area contributed by atoms with Crippen molar-refractivity contribution < 1.29 is 17.9 Å². The van der Waals surface area contributed by atoms with E-state index in [1.165, 1.54) is 0 Å². The molecule has 3 aromatic carbocycles. The van der Waals surface area contributed by atoms with Crippen molar-refractivity contribution in [3.8, 4) is 0 Å². The Bertz CT molecular complexity index is 1650. The van der Waals surface area contributed by atoms with Gasteiger partial charge in [0.2, 0.25) is 5.91 Å². The third-order valence-corrected chi connectivity index (χ3v) is 10.9. The molecule has 0 N–H and O–H groups in total. The Kier molecular flexibility index (Phi) is 5.90. The molecule has 0 spiro atoms. The van der Waals surface area contributed by atoms with Crippen molar-refractivity contribution in [3.05, 3.63) is 102 Å². The van der Waals surface area contributed by atoms with Crippen LogP contribution in [0.25, 0.3) is 10.9 Å². The van der Waals surface area contributed by atoms with Crippen LogP contribution < -0.4 is 0 Å². The number of aromatic nitrogens is 1. The van der Waals surface area contributed by atoms with Gasteiger partial charge in [-0.25, -0.2) is 12.4 Å². The first-order chi connectivity index (χ1) is 19.0. The summed E-state index contributed by atoms with van der Waals surface area (Å²) in [5.41, 5.74) is 3.60. The van der Waals surface area contributed by atoms with Crippen molar-refractivity contribution in [3.63, 3.8) is 0 Å². The van der Waals surface area contributed by atoms with Gasteiger partial charge >= 0.3 is 0 Å². The van der Waals surface area contributed by atoms with Gasteiger partial charge in [-0.05, 0) is 60.9 Å². The highest BCUT2D eigenvalue weighted by molar-refractivity contribution is 7.90. The molecule has 1 amide bonds. The zero-order valence-electron chi connectivity index (χ0n) is 21.9. The minimum Gasteiger partial charge on any atom is -0.355 e. The van der Waals surface area contributed by atoms with E-state index in [1.54, 1.807) is 28.2 Å². The van der Waals surface area contributed by atoms with Crippen LogP contribution in [-0.4, -0.2) is 36.0 Å². The minimum atomic E-state index is -3.81. The van der Waals surface area contributed by atoms with Crippen LogP contribution in [0.4, 0.5) is 0 Å². The molecule has 0 radical (unpaired) electrons. The molecule has 4 aromatic rings. The van der Waals surface area contributed by atoms with Gasteiger partial charge in [0.1, 0.15) is 6.23 Å². The van der Waals surface area contributed by atoms with Gasteiger partial charge in [0.15, 0.2) is 0 Å². The van der Waals surface area contributed by atoms with Crippen molar-refractivity contribution in [2.45, 2.75) is 49.8 Å². The first kappa shape index (κ1) is 24.6. The number of para-hydroxylation sites is 1. The maximum absolute atomic E-state index is 14.3. The molecule has 7 heteroatoms. The second-order valence-electron chi connectivity index (χ2n) is 11.0. The minimum absolute atomic E-state index is 0.0961. The molecule has 0 saturated carbocycles. The van der Waals surface area contributed by atoms with Crippen LogP contribution in [0.5, 0.6) is 0 Å². The van der Waals surface area contributed by atoms with E-state index in [9.17, 15) is 13.2 Å². The summed E-state index contributed by atoms with van der Waals surface area (Å²) in [6.07, 6.45) is 2.57. The van der Waals surface area contributed by atoms with Crippen LogP contribution in [0.3, 0.4) is 0 Å². The molecule has 2 saturated heterocycles. The molecule has 2 aliphatic heterocycles. The predicted molar refractivity (Wildman–Crippen MR) is 150 cm³/mol. The highest BCUT2D eigenvalue weighted by Crippen LogP contribution is 2.49. The van der Waals surface area contributed by atoms with E-state index in [1.807, 2.05) is 53.4 Å². The van der Waals surface area contributed by atoms with E-state index in [0.29, 0.717) is 25.0 Å². The Labute approximate surface area is 229 Å². The van der Waals surface area contributed by atoms with Gasteiger partial charge in [0.25, 0.3) is 10.0 Å². The quantitative estimate of drug-likeness (QED) is 0.340. The monoisotopic (exact) mass is 540 g/mol. The highest BCUT2D eigenvalue weighted by atomic mass is 32.2. The van der Waals surface area contributed by atoms with Crippen molar-refractivity contribution in [2.24, 2.45) is 17.8 Å². The molecule has 0 bridgehead atoms. The zero-order valence-corrected chi connectivity index (χ0v) is 22.8. The van der Waals surface area contributed by atoms with Gasteiger partial charge in [0.05, 0.1) is 23.1 Å². The van der Waals surface area contributed by atoms with E-state index < -0.39 is 10.0 Å². The Morgan fingerprint density at radius 3 is 2.36 bits per heavy atom. The molecular weight excluding hydrogens is 508 g/mol. The average molecular weight is 541 g/mol. The van der Waals surface area contributed by atoms with Crippen molar-refractivity contribution >= 4 is 26.8 Å². The standard InChI is InChI=1S/C32H32N2O4S/c1-2-23-24-17-18-29-26(19-27(24)31(35)33-30(20-38-32(23)33)21-11-5-3-6-12-21)25-15-9-10-16-28(25)34(29)39(36,37)22-13-7-4-8-14-22/h3-16,23-24,27,30,32H,2,17-20H2,1H3/t23-,24+,27-,30+,32+/m1/s1. The lowest BCUT2D eigenvalue weighted by Crippen LogP contribution is -2.55. The Morgan fingerprint density at radius 2 is 1.62 bits per heavy atom. The van der Waals surface area contributed by atoms with E-state index >= 15 is 0 Å². The summed E-state index contributed by atoms with van der Waals surface area (Å²) >= 11 is 0. The molecular formula is C32H32N2O4S. The number of ether oxygens (including phenoxy) is 1. The maximum Gasteiger partial charge on any atom is 0.268 e. The van der Waals surface area contributed by atoms with Gasteiger partial charge in [0, 0.05) is 22.9 Å². The topological polar surface area (TPSA) is 68.6 Å². The zero-order chi connectivity index (χ0) is 26.7. The molecule has 2 fully saturated rings. The fourth-order valence-electron chi connectivity index (χ4n) is 7.42. The lowest BCUT2D eigenvalue weighted by atomic mass is 9.71. The Morgan fingerprint density at radius 1 is 0.923 bits per heavy atom. The number of rotatable bonds is 4. The van der Waals surface area contributed by atoms with E-state index in [-0.39, 0.29) is 40.8 Å². The lowest BCUT2D eigenvalue weighted by molar-refractivity contribution is -0.162. The van der Waals surface area contributed by atoms with Crippen LogP contribution in [0.2, 0.25) is 0 Å². The average Bonchev–Trinajstić information content (AvgIpc) is 3.49. The number of benzene rings is 3. The molecule has 200 valence electrons. The fourth-order valence-corrected chi connectivity index (χ4v) is 9.04. The SMILES string of the molecule is CC[C@@H]1[C@@H]2CCc3c(c4ccccc4n3S(=O)(=O)c3ccccc3)C[C@H]2C(=O)N2[C@H](c3ccccc3)CO[C@@H]12. The van der Waals surface area contributed by atoms with E-state index in [4.69, 9.17) is 4.74 Å². The number of fused-ring (bicyclic) bond motifs is 5. The molecule has 0 unspecified atom stereocenters. The molecule has 5 atom stereocenters. The maximum atomic E-state index is 14.3. The van der Waals surface area contributed by atoms with Crippen LogP contribution in [0.1, 0.15) is 42.6 Å². The second-order valence-corrected chi connectivity index (χ2v) is 12.8. The van der Waals surface area contributed by atoms with Crippen LogP contribution in [-0.2, 0) is 32.4 Å². The molecule has 1 aliphatic carbocycles. The number of carbonyl (C=O) groups is 1. The normalized spacial score (nSPS) is 26.6. The van der Waals surface area contributed by atoms with Gasteiger partial charge < -0.3 is 9.64 Å². The van der Waals surface area contributed by atoms with Crippen LogP contribution in [0.15, 0.2) is 89.8 Å². The molecule has 1 aromatic heterocycles. The van der Waals surface area contributed by atoms with E-state index in [0.717, 1.165) is 35.0 Å². The van der Waals surface area contributed by atoms with Gasteiger partial charge in [-0.2, -0.15) is 0 Å². The smallest absolute Gasteiger partial charge is 0.268 e. The first-order valence-corrected chi connectivity index (χ1v) is 15.3. The first-order valence-electron chi connectivity index (χ1n) is 13.9. The van der Waals surface area contributed by atoms with Crippen LogP contribution in [0, 0.1) is 17.8 Å². The van der Waals surface area contributed by atoms with Gasteiger partial charge in [-0.1, -0.05) is 73.7 Å². The Hall–Kier alpha value is -3.42. The molecule has 7 rings (SSSR count).